The predicted molar refractivity (Wildman–Crippen MR) is 52.5 cm³/mol. The molecule has 1 aliphatic heterocycles. The van der Waals surface area contributed by atoms with E-state index < -0.39 is 18.2 Å². The smallest absolute Gasteiger partial charge is 0.338 e. The molecule has 1 N–H and O–H groups in total. The van der Waals surface area contributed by atoms with E-state index in [1.165, 1.54) is 0 Å². The van der Waals surface area contributed by atoms with Gasteiger partial charge in [0.25, 0.3) is 0 Å². The van der Waals surface area contributed by atoms with Gasteiger partial charge in [-0.1, -0.05) is 18.2 Å². The third kappa shape index (κ3) is 2.34. The molecule has 2 rings (SSSR count). The highest BCUT2D eigenvalue weighted by atomic mass is 16.6. The molecule has 1 saturated heterocycles. The number of esters is 1. The third-order valence-corrected chi connectivity index (χ3v) is 2.27. The van der Waals surface area contributed by atoms with Gasteiger partial charge in [-0.2, -0.15) is 0 Å². The lowest BCUT2D eigenvalue weighted by atomic mass is 10.2. The van der Waals surface area contributed by atoms with Crippen molar-refractivity contribution in [2.45, 2.75) is 12.2 Å². The van der Waals surface area contributed by atoms with Crippen LogP contribution in [-0.2, 0) is 9.47 Å². The van der Waals surface area contributed by atoms with Crippen LogP contribution in [0.25, 0.3) is 0 Å². The number of aliphatic hydroxyl groups is 1. The van der Waals surface area contributed by atoms with Gasteiger partial charge in [-0.05, 0) is 12.1 Å². The van der Waals surface area contributed by atoms with Gasteiger partial charge in [-0.15, -0.1) is 0 Å². The molecule has 4 heteroatoms. The summed E-state index contributed by atoms with van der Waals surface area (Å²) in [6, 6.07) is 8.69. The molecule has 1 aromatic rings. The van der Waals surface area contributed by atoms with Crippen LogP contribution in [0.2, 0.25) is 0 Å². The second-order valence-electron chi connectivity index (χ2n) is 3.41. The number of hydrogen-bond donors (Lipinski definition) is 1. The van der Waals surface area contributed by atoms with Crippen LogP contribution in [0.15, 0.2) is 30.3 Å². The van der Waals surface area contributed by atoms with Gasteiger partial charge < -0.3 is 14.6 Å². The number of hydrogen-bond acceptors (Lipinski definition) is 4. The van der Waals surface area contributed by atoms with Crippen molar-refractivity contribution in [2.75, 3.05) is 13.2 Å². The molecule has 0 radical (unpaired) electrons. The highest BCUT2D eigenvalue weighted by molar-refractivity contribution is 5.89. The minimum atomic E-state index is -0.710. The number of carbonyl (C=O) groups excluding carboxylic acids is 1. The summed E-state index contributed by atoms with van der Waals surface area (Å²) in [7, 11) is 0. The minimum Gasteiger partial charge on any atom is -0.453 e. The normalized spacial score (nSPS) is 25.1. The molecule has 1 heterocycles. The monoisotopic (exact) mass is 208 g/mol. The summed E-state index contributed by atoms with van der Waals surface area (Å²) < 4.78 is 10.1. The van der Waals surface area contributed by atoms with E-state index in [1.807, 2.05) is 6.07 Å². The quantitative estimate of drug-likeness (QED) is 0.723. The summed E-state index contributed by atoms with van der Waals surface area (Å²) in [5, 5.41) is 9.38. The lowest BCUT2D eigenvalue weighted by Gasteiger charge is -2.13. The van der Waals surface area contributed by atoms with Crippen LogP contribution >= 0.6 is 0 Å². The van der Waals surface area contributed by atoms with Crippen molar-refractivity contribution in [3.8, 4) is 0 Å². The van der Waals surface area contributed by atoms with Crippen molar-refractivity contribution in [3.05, 3.63) is 35.9 Å². The van der Waals surface area contributed by atoms with E-state index in [0.717, 1.165) is 0 Å². The van der Waals surface area contributed by atoms with E-state index in [-0.39, 0.29) is 13.2 Å². The topological polar surface area (TPSA) is 55.8 Å². The van der Waals surface area contributed by atoms with Gasteiger partial charge in [0, 0.05) is 0 Å². The van der Waals surface area contributed by atoms with Crippen molar-refractivity contribution >= 4 is 5.97 Å². The maximum atomic E-state index is 11.6. The Labute approximate surface area is 87.4 Å². The Morgan fingerprint density at radius 2 is 2.07 bits per heavy atom. The van der Waals surface area contributed by atoms with Crippen molar-refractivity contribution in [1.29, 1.82) is 0 Å². The molecule has 0 aromatic heterocycles. The van der Waals surface area contributed by atoms with Crippen LogP contribution in [0.3, 0.4) is 0 Å². The first-order valence-corrected chi connectivity index (χ1v) is 4.79. The number of carbonyl (C=O) groups is 1. The maximum absolute atomic E-state index is 11.6. The van der Waals surface area contributed by atoms with E-state index >= 15 is 0 Å². The first kappa shape index (κ1) is 10.1. The summed E-state index contributed by atoms with van der Waals surface area (Å²) in [4.78, 5) is 11.6. The molecule has 0 saturated carbocycles. The largest absolute Gasteiger partial charge is 0.453 e. The Hall–Kier alpha value is -1.39. The van der Waals surface area contributed by atoms with E-state index in [2.05, 4.69) is 0 Å². The Balaban J connectivity index is 1.98. The highest BCUT2D eigenvalue weighted by Crippen LogP contribution is 2.12. The molecule has 80 valence electrons. The molecule has 0 aliphatic carbocycles. The summed E-state index contributed by atoms with van der Waals surface area (Å²) in [6.07, 6.45) is -1.25. The first-order chi connectivity index (χ1) is 7.27. The van der Waals surface area contributed by atoms with Crippen molar-refractivity contribution < 1.29 is 19.4 Å². The van der Waals surface area contributed by atoms with Crippen molar-refractivity contribution in [1.82, 2.24) is 0 Å². The number of ether oxygens (including phenoxy) is 2. The molecule has 15 heavy (non-hydrogen) atoms. The zero-order valence-electron chi connectivity index (χ0n) is 8.13. The van der Waals surface area contributed by atoms with Crippen LogP contribution < -0.4 is 0 Å². The van der Waals surface area contributed by atoms with Crippen molar-refractivity contribution in [2.24, 2.45) is 0 Å². The lowest BCUT2D eigenvalue weighted by Crippen LogP contribution is -2.29. The number of aliphatic hydroxyl groups excluding tert-OH is 1. The predicted octanol–water partition coefficient (Wildman–Crippen LogP) is 0.603. The van der Waals surface area contributed by atoms with Crippen LogP contribution in [0.5, 0.6) is 0 Å². The number of benzene rings is 1. The summed E-state index contributed by atoms with van der Waals surface area (Å²) in [5.41, 5.74) is 0.483. The molecule has 0 bridgehead atoms. The van der Waals surface area contributed by atoms with E-state index in [1.54, 1.807) is 24.3 Å². The van der Waals surface area contributed by atoms with Crippen LogP contribution in [0.1, 0.15) is 10.4 Å². The van der Waals surface area contributed by atoms with Gasteiger partial charge >= 0.3 is 5.97 Å². The van der Waals surface area contributed by atoms with Crippen LogP contribution in [-0.4, -0.2) is 36.5 Å². The van der Waals surface area contributed by atoms with Gasteiger partial charge in [0.1, 0.15) is 6.10 Å². The fourth-order valence-corrected chi connectivity index (χ4v) is 1.42. The standard InChI is InChI=1S/C11H12O4/c12-9-6-14-7-10(9)15-11(13)8-4-2-1-3-5-8/h1-5,9-10,12H,6-7H2/t9-,10?/m0/s1. The van der Waals surface area contributed by atoms with E-state index in [0.29, 0.717) is 5.56 Å². The fourth-order valence-electron chi connectivity index (χ4n) is 1.42. The van der Waals surface area contributed by atoms with E-state index in [4.69, 9.17) is 9.47 Å². The molecule has 2 atom stereocenters. The van der Waals surface area contributed by atoms with Gasteiger partial charge in [-0.3, -0.25) is 0 Å². The van der Waals surface area contributed by atoms with Gasteiger partial charge in [-0.25, -0.2) is 4.79 Å². The molecule has 1 unspecified atom stereocenters. The Morgan fingerprint density at radius 3 is 2.67 bits per heavy atom. The van der Waals surface area contributed by atoms with Gasteiger partial charge in [0.2, 0.25) is 0 Å². The molecule has 1 fully saturated rings. The average molecular weight is 208 g/mol. The molecular formula is C11H12O4. The van der Waals surface area contributed by atoms with Gasteiger partial charge in [0.05, 0.1) is 18.8 Å². The summed E-state index contributed by atoms with van der Waals surface area (Å²) in [6.45, 7) is 0.493. The Morgan fingerprint density at radius 1 is 1.33 bits per heavy atom. The minimum absolute atomic E-state index is 0.229. The van der Waals surface area contributed by atoms with E-state index in [9.17, 15) is 9.90 Å². The summed E-state index contributed by atoms with van der Waals surface area (Å²) in [5.74, 6) is -0.426. The zero-order chi connectivity index (χ0) is 10.7. The SMILES string of the molecule is O=C(OC1COC[C@@H]1O)c1ccccc1. The molecule has 0 amide bonds. The molecule has 0 spiro atoms. The number of rotatable bonds is 2. The van der Waals surface area contributed by atoms with Gasteiger partial charge in [0.15, 0.2) is 6.10 Å². The molecule has 1 aromatic carbocycles. The molecule has 4 nitrogen and oxygen atoms in total. The second kappa shape index (κ2) is 4.42. The Kier molecular flexibility index (Phi) is 2.99. The van der Waals surface area contributed by atoms with Crippen LogP contribution in [0.4, 0.5) is 0 Å². The van der Waals surface area contributed by atoms with Crippen LogP contribution in [0, 0.1) is 0 Å². The first-order valence-electron chi connectivity index (χ1n) is 4.79. The molecular weight excluding hydrogens is 196 g/mol. The maximum Gasteiger partial charge on any atom is 0.338 e. The highest BCUT2D eigenvalue weighted by Gasteiger charge is 2.29. The lowest BCUT2D eigenvalue weighted by molar-refractivity contribution is 0.00114. The average Bonchev–Trinajstić information content (AvgIpc) is 2.66. The summed E-state index contributed by atoms with van der Waals surface area (Å²) >= 11 is 0. The third-order valence-electron chi connectivity index (χ3n) is 2.27. The zero-order valence-corrected chi connectivity index (χ0v) is 8.13. The van der Waals surface area contributed by atoms with Crippen molar-refractivity contribution in [3.63, 3.8) is 0 Å². The Bertz CT molecular complexity index is 336. The second-order valence-corrected chi connectivity index (χ2v) is 3.41. The fraction of sp³-hybridized carbons (Fsp3) is 0.364. The molecule has 1 aliphatic rings.